The van der Waals surface area contributed by atoms with Crippen molar-refractivity contribution in [1.29, 1.82) is 0 Å². The molecular formula is C15H25N5O2. The van der Waals surface area contributed by atoms with Gasteiger partial charge in [0.2, 0.25) is 11.8 Å². The summed E-state index contributed by atoms with van der Waals surface area (Å²) in [7, 11) is 0. The topological polar surface area (TPSA) is 109 Å². The maximum absolute atomic E-state index is 11.6. The molecule has 22 heavy (non-hydrogen) atoms. The number of carbonyl (C=O) groups excluding carboxylic acids is 2. The largest absolute Gasteiger partial charge is 0.368 e. The van der Waals surface area contributed by atoms with Crippen molar-refractivity contribution in [3.05, 3.63) is 23.9 Å². The monoisotopic (exact) mass is 307 g/mol. The Morgan fingerprint density at radius 3 is 2.59 bits per heavy atom. The molecule has 122 valence electrons. The van der Waals surface area contributed by atoms with Crippen LogP contribution in [0.15, 0.2) is 18.2 Å². The van der Waals surface area contributed by atoms with Crippen LogP contribution in [0.1, 0.15) is 19.5 Å². The van der Waals surface area contributed by atoms with Crippen molar-refractivity contribution in [3.63, 3.8) is 0 Å². The number of hydrogen-bond acceptors (Lipinski definition) is 5. The van der Waals surface area contributed by atoms with Gasteiger partial charge in [0.05, 0.1) is 12.6 Å². The molecule has 1 rings (SSSR count). The van der Waals surface area contributed by atoms with E-state index in [0.717, 1.165) is 11.5 Å². The lowest BCUT2D eigenvalue weighted by molar-refractivity contribution is -0.127. The molecule has 0 fully saturated rings. The quantitative estimate of drug-likeness (QED) is 0.506. The van der Waals surface area contributed by atoms with Crippen molar-refractivity contribution in [2.24, 2.45) is 11.7 Å². The summed E-state index contributed by atoms with van der Waals surface area (Å²) in [4.78, 5) is 27.5. The molecule has 1 heterocycles. The Kier molecular flexibility index (Phi) is 7.31. The van der Waals surface area contributed by atoms with Gasteiger partial charge >= 0.3 is 0 Å². The minimum Gasteiger partial charge on any atom is -0.368 e. The Morgan fingerprint density at radius 2 is 1.95 bits per heavy atom. The van der Waals surface area contributed by atoms with Crippen molar-refractivity contribution < 1.29 is 9.59 Å². The van der Waals surface area contributed by atoms with Gasteiger partial charge in [-0.3, -0.25) is 9.59 Å². The summed E-state index contributed by atoms with van der Waals surface area (Å²) < 4.78 is 0. The number of nitrogens with zero attached hydrogens (tertiary/aromatic N) is 1. The van der Waals surface area contributed by atoms with E-state index in [9.17, 15) is 9.59 Å². The lowest BCUT2D eigenvalue weighted by Gasteiger charge is -2.15. The number of aromatic nitrogens is 1. The van der Waals surface area contributed by atoms with Crippen LogP contribution >= 0.6 is 0 Å². The van der Waals surface area contributed by atoms with Gasteiger partial charge in [0.1, 0.15) is 5.82 Å². The number of nitrogens with two attached hydrogens (primary N) is 1. The second-order valence-electron chi connectivity index (χ2n) is 5.43. The van der Waals surface area contributed by atoms with Crippen LogP contribution in [0.25, 0.3) is 0 Å². The molecular weight excluding hydrogens is 282 g/mol. The summed E-state index contributed by atoms with van der Waals surface area (Å²) in [6.07, 6.45) is 0. The molecule has 0 spiro atoms. The first-order valence-corrected chi connectivity index (χ1v) is 7.37. The van der Waals surface area contributed by atoms with Crippen LogP contribution in [0.3, 0.4) is 0 Å². The van der Waals surface area contributed by atoms with Crippen LogP contribution in [0.2, 0.25) is 0 Å². The first-order chi connectivity index (χ1) is 10.4. The van der Waals surface area contributed by atoms with Gasteiger partial charge in [-0.05, 0) is 25.0 Å². The van der Waals surface area contributed by atoms with Crippen molar-refractivity contribution in [2.75, 3.05) is 25.0 Å². The fourth-order valence-corrected chi connectivity index (χ4v) is 1.68. The second-order valence-corrected chi connectivity index (χ2v) is 5.43. The number of rotatable bonds is 8. The fourth-order valence-electron chi connectivity index (χ4n) is 1.68. The highest BCUT2D eigenvalue weighted by atomic mass is 16.2. The molecule has 1 aromatic rings. The van der Waals surface area contributed by atoms with Crippen LogP contribution < -0.4 is 21.7 Å². The van der Waals surface area contributed by atoms with Crippen LogP contribution in [0.4, 0.5) is 5.82 Å². The van der Waals surface area contributed by atoms with Gasteiger partial charge in [-0.15, -0.1) is 0 Å². The highest BCUT2D eigenvalue weighted by Crippen LogP contribution is 2.02. The number of carbonyl (C=O) groups is 2. The van der Waals surface area contributed by atoms with E-state index in [1.54, 1.807) is 0 Å². The minimum absolute atomic E-state index is 0.0362. The van der Waals surface area contributed by atoms with E-state index < -0.39 is 6.04 Å². The molecule has 0 aliphatic heterocycles. The molecule has 0 saturated heterocycles. The Balaban J connectivity index is 2.17. The lowest BCUT2D eigenvalue weighted by Crippen LogP contribution is -2.47. The molecule has 0 unspecified atom stereocenters. The number of amides is 2. The van der Waals surface area contributed by atoms with E-state index in [1.165, 1.54) is 0 Å². The summed E-state index contributed by atoms with van der Waals surface area (Å²) in [6.45, 7) is 6.56. The molecule has 0 saturated carbocycles. The van der Waals surface area contributed by atoms with E-state index in [1.807, 2.05) is 39.0 Å². The van der Waals surface area contributed by atoms with Crippen molar-refractivity contribution >= 4 is 17.6 Å². The number of nitrogens with one attached hydrogen (secondary N) is 3. The lowest BCUT2D eigenvalue weighted by atomic mass is 10.1. The predicted molar refractivity (Wildman–Crippen MR) is 86.3 cm³/mol. The van der Waals surface area contributed by atoms with Gasteiger partial charge in [-0.25, -0.2) is 4.98 Å². The highest BCUT2D eigenvalue weighted by molar-refractivity contribution is 5.87. The molecule has 2 amide bonds. The van der Waals surface area contributed by atoms with E-state index in [0.29, 0.717) is 13.1 Å². The summed E-state index contributed by atoms with van der Waals surface area (Å²) in [6, 6.07) is 5.10. The molecule has 1 atom stereocenters. The smallest absolute Gasteiger partial charge is 0.239 e. The number of pyridine rings is 1. The highest BCUT2D eigenvalue weighted by Gasteiger charge is 2.17. The molecule has 7 heteroatoms. The molecule has 0 aliphatic rings. The molecule has 7 nitrogen and oxygen atoms in total. The molecule has 1 aromatic heterocycles. The first kappa shape index (κ1) is 17.9. The molecule has 5 N–H and O–H groups in total. The zero-order valence-electron chi connectivity index (χ0n) is 13.3. The maximum Gasteiger partial charge on any atom is 0.239 e. The molecule has 0 bridgehead atoms. The molecule has 0 aromatic carbocycles. The van der Waals surface area contributed by atoms with Gasteiger partial charge in [-0.1, -0.05) is 19.9 Å². The Bertz CT molecular complexity index is 504. The van der Waals surface area contributed by atoms with Gasteiger partial charge in [-0.2, -0.15) is 0 Å². The summed E-state index contributed by atoms with van der Waals surface area (Å²) in [5, 5.41) is 8.33. The first-order valence-electron chi connectivity index (χ1n) is 7.37. The fraction of sp³-hybridized carbons (Fsp3) is 0.533. The van der Waals surface area contributed by atoms with E-state index in [2.05, 4.69) is 20.9 Å². The summed E-state index contributed by atoms with van der Waals surface area (Å²) in [5.74, 6) is 0.245. The van der Waals surface area contributed by atoms with Gasteiger partial charge in [0.25, 0.3) is 0 Å². The average molecular weight is 307 g/mol. The van der Waals surface area contributed by atoms with Gasteiger partial charge in [0, 0.05) is 18.8 Å². The molecule has 0 radical (unpaired) electrons. The number of anilines is 1. The standard InChI is InChI=1S/C15H25N5O2/c1-10(2)14(16)15(22)19-9-13(21)18-8-7-17-12-6-4-5-11(3)20-12/h4-6,10,14H,7-9,16H2,1-3H3,(H,17,20)(H,18,21)(H,19,22)/t14-/m0/s1. The minimum atomic E-state index is -0.595. The average Bonchev–Trinajstić information content (AvgIpc) is 2.48. The Labute approximate surface area is 131 Å². The Hall–Kier alpha value is -2.15. The van der Waals surface area contributed by atoms with Crippen LogP contribution in [0, 0.1) is 12.8 Å². The van der Waals surface area contributed by atoms with E-state index >= 15 is 0 Å². The zero-order chi connectivity index (χ0) is 16.5. The SMILES string of the molecule is Cc1cccc(NCCNC(=O)CNC(=O)[C@@H](N)C(C)C)n1. The third-order valence-electron chi connectivity index (χ3n) is 3.09. The van der Waals surface area contributed by atoms with Crippen molar-refractivity contribution in [2.45, 2.75) is 26.8 Å². The van der Waals surface area contributed by atoms with Crippen LogP contribution in [0.5, 0.6) is 0 Å². The maximum atomic E-state index is 11.6. The van der Waals surface area contributed by atoms with Gasteiger partial charge < -0.3 is 21.7 Å². The summed E-state index contributed by atoms with van der Waals surface area (Å²) in [5.41, 5.74) is 6.61. The van der Waals surface area contributed by atoms with Gasteiger partial charge in [0.15, 0.2) is 0 Å². The van der Waals surface area contributed by atoms with Crippen LogP contribution in [-0.2, 0) is 9.59 Å². The third kappa shape index (κ3) is 6.53. The third-order valence-corrected chi connectivity index (χ3v) is 3.09. The van der Waals surface area contributed by atoms with Crippen molar-refractivity contribution in [3.8, 4) is 0 Å². The number of hydrogen-bond donors (Lipinski definition) is 4. The molecule has 0 aliphatic carbocycles. The van der Waals surface area contributed by atoms with E-state index in [4.69, 9.17) is 5.73 Å². The second kappa shape index (κ2) is 8.99. The van der Waals surface area contributed by atoms with Crippen LogP contribution in [-0.4, -0.2) is 42.5 Å². The number of aryl methyl sites for hydroxylation is 1. The predicted octanol–water partition coefficient (Wildman–Crippen LogP) is 0.0176. The van der Waals surface area contributed by atoms with Crippen molar-refractivity contribution in [1.82, 2.24) is 15.6 Å². The normalized spacial score (nSPS) is 11.9. The van der Waals surface area contributed by atoms with E-state index in [-0.39, 0.29) is 24.3 Å². The summed E-state index contributed by atoms with van der Waals surface area (Å²) >= 11 is 0. The zero-order valence-corrected chi connectivity index (χ0v) is 13.3. The Morgan fingerprint density at radius 1 is 1.23 bits per heavy atom.